The zero-order valence-electron chi connectivity index (χ0n) is 5.27. The molecule has 0 unspecified atom stereocenters. The molecule has 0 bridgehead atoms. The molecule has 0 saturated carbocycles. The van der Waals surface area contributed by atoms with E-state index >= 15 is 0 Å². The summed E-state index contributed by atoms with van der Waals surface area (Å²) in [5.74, 6) is -2.11. The van der Waals surface area contributed by atoms with Crippen LogP contribution in [0.1, 0.15) is 0 Å². The standard InChI is InChI=1S/C6H5F2NO/c1-10-5-4(7)2-3-9-6(5)8/h2-3H,1H3. The molecular weight excluding hydrogens is 140 g/mol. The van der Waals surface area contributed by atoms with Crippen molar-refractivity contribution in [2.75, 3.05) is 7.11 Å². The highest BCUT2D eigenvalue weighted by Crippen LogP contribution is 2.17. The number of methoxy groups -OCH3 is 1. The molecule has 54 valence electrons. The van der Waals surface area contributed by atoms with E-state index in [9.17, 15) is 8.78 Å². The Morgan fingerprint density at radius 3 is 2.60 bits per heavy atom. The van der Waals surface area contributed by atoms with Gasteiger partial charge in [-0.3, -0.25) is 0 Å². The molecule has 0 aliphatic rings. The highest BCUT2D eigenvalue weighted by Gasteiger charge is 2.07. The van der Waals surface area contributed by atoms with E-state index in [1.165, 1.54) is 7.11 Å². The van der Waals surface area contributed by atoms with Crippen LogP contribution in [0.25, 0.3) is 0 Å². The fourth-order valence-electron chi connectivity index (χ4n) is 0.583. The molecule has 10 heavy (non-hydrogen) atoms. The summed E-state index contributed by atoms with van der Waals surface area (Å²) in [6.45, 7) is 0. The highest BCUT2D eigenvalue weighted by atomic mass is 19.1. The van der Waals surface area contributed by atoms with E-state index in [0.717, 1.165) is 12.3 Å². The second-order valence-electron chi connectivity index (χ2n) is 1.62. The Labute approximate surface area is 56.5 Å². The molecule has 4 heteroatoms. The summed E-state index contributed by atoms with van der Waals surface area (Å²) in [7, 11) is 1.18. The van der Waals surface area contributed by atoms with Crippen LogP contribution >= 0.6 is 0 Å². The first-order valence-electron chi connectivity index (χ1n) is 2.59. The predicted octanol–water partition coefficient (Wildman–Crippen LogP) is 1.37. The lowest BCUT2D eigenvalue weighted by molar-refractivity contribution is 0.351. The first-order valence-corrected chi connectivity index (χ1v) is 2.59. The van der Waals surface area contributed by atoms with E-state index in [2.05, 4.69) is 9.72 Å². The number of pyridine rings is 1. The highest BCUT2D eigenvalue weighted by molar-refractivity contribution is 5.20. The van der Waals surface area contributed by atoms with Gasteiger partial charge >= 0.3 is 0 Å². The Morgan fingerprint density at radius 2 is 2.20 bits per heavy atom. The van der Waals surface area contributed by atoms with Crippen LogP contribution in [0, 0.1) is 11.8 Å². The maximum atomic E-state index is 12.4. The summed E-state index contributed by atoms with van der Waals surface area (Å²) in [6.07, 6.45) is 1.03. The van der Waals surface area contributed by atoms with Crippen molar-refractivity contribution in [3.8, 4) is 5.75 Å². The Morgan fingerprint density at radius 1 is 1.50 bits per heavy atom. The maximum absolute atomic E-state index is 12.4. The molecule has 0 N–H and O–H groups in total. The molecule has 0 aliphatic carbocycles. The number of ether oxygens (including phenoxy) is 1. The summed E-state index contributed by atoms with van der Waals surface area (Å²) in [5, 5.41) is 0. The minimum atomic E-state index is -0.928. The van der Waals surface area contributed by atoms with Gasteiger partial charge in [-0.2, -0.15) is 4.39 Å². The molecule has 0 saturated heterocycles. The van der Waals surface area contributed by atoms with Crippen LogP contribution in [0.5, 0.6) is 5.75 Å². The van der Waals surface area contributed by atoms with Crippen LogP contribution in [0.3, 0.4) is 0 Å². The van der Waals surface area contributed by atoms with Gasteiger partial charge in [0.05, 0.1) is 7.11 Å². The Kier molecular flexibility index (Phi) is 1.80. The number of rotatable bonds is 1. The third-order valence-electron chi connectivity index (χ3n) is 1.02. The van der Waals surface area contributed by atoms with Crippen molar-refractivity contribution in [1.82, 2.24) is 4.98 Å². The van der Waals surface area contributed by atoms with Crippen LogP contribution in [0.2, 0.25) is 0 Å². The van der Waals surface area contributed by atoms with Crippen molar-refractivity contribution in [2.45, 2.75) is 0 Å². The van der Waals surface area contributed by atoms with Gasteiger partial charge in [0.1, 0.15) is 0 Å². The van der Waals surface area contributed by atoms with E-state index in [-0.39, 0.29) is 0 Å². The summed E-state index contributed by atoms with van der Waals surface area (Å²) < 4.78 is 29.2. The first kappa shape index (κ1) is 6.92. The van der Waals surface area contributed by atoms with Crippen molar-refractivity contribution in [2.24, 2.45) is 0 Å². The molecule has 0 radical (unpaired) electrons. The summed E-state index contributed by atoms with van der Waals surface area (Å²) in [5.41, 5.74) is 0. The molecule has 2 nitrogen and oxygen atoms in total. The number of hydrogen-bond donors (Lipinski definition) is 0. The average Bonchev–Trinajstić information content (AvgIpc) is 1.88. The first-order chi connectivity index (χ1) is 4.75. The Balaban J connectivity index is 3.17. The normalized spacial score (nSPS) is 9.50. The molecule has 0 fully saturated rings. The molecule has 1 aromatic rings. The van der Waals surface area contributed by atoms with Gasteiger partial charge in [-0.05, 0) is 6.07 Å². The summed E-state index contributed by atoms with van der Waals surface area (Å²) in [4.78, 5) is 3.18. The van der Waals surface area contributed by atoms with Gasteiger partial charge in [0.25, 0.3) is 5.95 Å². The Hall–Kier alpha value is -1.19. The third kappa shape index (κ3) is 1.05. The fourth-order valence-corrected chi connectivity index (χ4v) is 0.583. The molecule has 1 rings (SSSR count). The van der Waals surface area contributed by atoms with Crippen molar-refractivity contribution < 1.29 is 13.5 Å². The van der Waals surface area contributed by atoms with Gasteiger partial charge in [-0.25, -0.2) is 9.37 Å². The average molecular weight is 145 g/mol. The van der Waals surface area contributed by atoms with Gasteiger partial charge in [-0.1, -0.05) is 0 Å². The lowest BCUT2D eigenvalue weighted by Crippen LogP contribution is -1.93. The van der Waals surface area contributed by atoms with Crippen LogP contribution in [0.15, 0.2) is 12.3 Å². The quantitative estimate of drug-likeness (QED) is 0.557. The monoisotopic (exact) mass is 145 g/mol. The van der Waals surface area contributed by atoms with Crippen molar-refractivity contribution in [3.05, 3.63) is 24.0 Å². The van der Waals surface area contributed by atoms with Gasteiger partial charge in [-0.15, -0.1) is 0 Å². The number of aromatic nitrogens is 1. The largest absolute Gasteiger partial charge is 0.490 e. The molecular formula is C6H5F2NO. The summed E-state index contributed by atoms with van der Waals surface area (Å²) >= 11 is 0. The van der Waals surface area contributed by atoms with E-state index in [1.807, 2.05) is 0 Å². The second kappa shape index (κ2) is 2.60. The van der Waals surface area contributed by atoms with E-state index in [1.54, 1.807) is 0 Å². The molecule has 0 atom stereocenters. The minimum absolute atomic E-state index is 0.442. The van der Waals surface area contributed by atoms with Gasteiger partial charge in [0, 0.05) is 6.20 Å². The third-order valence-corrected chi connectivity index (χ3v) is 1.02. The van der Waals surface area contributed by atoms with E-state index in [4.69, 9.17) is 0 Å². The molecule has 0 aromatic carbocycles. The number of halogens is 2. The predicted molar refractivity (Wildman–Crippen MR) is 30.7 cm³/mol. The minimum Gasteiger partial charge on any atom is -0.490 e. The SMILES string of the molecule is COc1c(F)ccnc1F. The number of hydrogen-bond acceptors (Lipinski definition) is 2. The molecule has 1 aromatic heterocycles. The van der Waals surface area contributed by atoms with Crippen LogP contribution in [-0.4, -0.2) is 12.1 Å². The van der Waals surface area contributed by atoms with Gasteiger partial charge < -0.3 is 4.74 Å². The molecule has 0 spiro atoms. The lowest BCUT2D eigenvalue weighted by atomic mass is 10.4. The van der Waals surface area contributed by atoms with Crippen molar-refractivity contribution in [1.29, 1.82) is 0 Å². The zero-order chi connectivity index (χ0) is 7.56. The van der Waals surface area contributed by atoms with Crippen molar-refractivity contribution in [3.63, 3.8) is 0 Å². The molecule has 1 heterocycles. The van der Waals surface area contributed by atoms with Crippen LogP contribution < -0.4 is 4.74 Å². The van der Waals surface area contributed by atoms with Gasteiger partial charge in [0.2, 0.25) is 5.75 Å². The van der Waals surface area contributed by atoms with E-state index < -0.39 is 17.5 Å². The molecule has 0 aliphatic heterocycles. The maximum Gasteiger partial charge on any atom is 0.258 e. The second-order valence-corrected chi connectivity index (χ2v) is 1.62. The van der Waals surface area contributed by atoms with Crippen LogP contribution in [0.4, 0.5) is 8.78 Å². The number of nitrogens with zero attached hydrogens (tertiary/aromatic N) is 1. The topological polar surface area (TPSA) is 22.1 Å². The fraction of sp³-hybridized carbons (Fsp3) is 0.167. The van der Waals surface area contributed by atoms with Crippen molar-refractivity contribution >= 4 is 0 Å². The lowest BCUT2D eigenvalue weighted by Gasteiger charge is -1.99. The van der Waals surface area contributed by atoms with Gasteiger partial charge in [0.15, 0.2) is 5.82 Å². The molecule has 0 amide bonds. The van der Waals surface area contributed by atoms with E-state index in [0.29, 0.717) is 0 Å². The zero-order valence-corrected chi connectivity index (χ0v) is 5.27. The van der Waals surface area contributed by atoms with Crippen LogP contribution in [-0.2, 0) is 0 Å². The smallest absolute Gasteiger partial charge is 0.258 e. The summed E-state index contributed by atoms with van der Waals surface area (Å²) in [6, 6.07) is 1.03. The Bertz CT molecular complexity index is 219.